The molecule has 1 aromatic heterocycles. The first-order valence-corrected chi connectivity index (χ1v) is 5.53. The molecule has 0 aliphatic carbocycles. The minimum Gasteiger partial charge on any atom is -0.494 e. The van der Waals surface area contributed by atoms with Crippen molar-refractivity contribution in [2.75, 3.05) is 6.61 Å². The van der Waals surface area contributed by atoms with Gasteiger partial charge in [-0.2, -0.15) is 0 Å². The quantitative estimate of drug-likeness (QED) is 0.757. The van der Waals surface area contributed by atoms with Gasteiger partial charge >= 0.3 is 0 Å². The summed E-state index contributed by atoms with van der Waals surface area (Å²) in [7, 11) is 0. The van der Waals surface area contributed by atoms with Gasteiger partial charge in [-0.15, -0.1) is 0 Å². The molecular formula is C14H14O3. The van der Waals surface area contributed by atoms with Gasteiger partial charge in [0.2, 0.25) is 0 Å². The number of hydrogen-bond donors (Lipinski definition) is 0. The highest BCUT2D eigenvalue weighted by molar-refractivity contribution is 6.08. The fraction of sp³-hybridized carbons (Fsp3) is 0.214. The summed E-state index contributed by atoms with van der Waals surface area (Å²) in [4.78, 5) is 12.0. The first kappa shape index (κ1) is 11.5. The van der Waals surface area contributed by atoms with Crippen LogP contribution in [0.1, 0.15) is 28.6 Å². The van der Waals surface area contributed by atoms with E-state index in [0.29, 0.717) is 17.7 Å². The van der Waals surface area contributed by atoms with Crippen LogP contribution in [0.4, 0.5) is 0 Å². The first-order valence-electron chi connectivity index (χ1n) is 5.53. The summed E-state index contributed by atoms with van der Waals surface area (Å²) in [5.41, 5.74) is 1.21. The second-order valence-electron chi connectivity index (χ2n) is 3.73. The maximum atomic E-state index is 12.0. The normalized spacial score (nSPS) is 10.2. The van der Waals surface area contributed by atoms with E-state index in [4.69, 9.17) is 9.15 Å². The molecule has 1 aromatic carbocycles. The van der Waals surface area contributed by atoms with E-state index in [0.717, 1.165) is 11.5 Å². The highest BCUT2D eigenvalue weighted by Gasteiger charge is 2.11. The SMILES string of the molecule is CCOc1ccc(C(=O)c2coc(C)c2)cc1. The Morgan fingerprint density at radius 3 is 2.47 bits per heavy atom. The van der Waals surface area contributed by atoms with E-state index in [9.17, 15) is 4.79 Å². The number of ether oxygens (including phenoxy) is 1. The van der Waals surface area contributed by atoms with Gasteiger partial charge in [0.25, 0.3) is 0 Å². The molecule has 0 spiro atoms. The van der Waals surface area contributed by atoms with Gasteiger partial charge in [0, 0.05) is 5.56 Å². The van der Waals surface area contributed by atoms with Crippen molar-refractivity contribution in [3.63, 3.8) is 0 Å². The average molecular weight is 230 g/mol. The Hall–Kier alpha value is -2.03. The molecule has 3 heteroatoms. The van der Waals surface area contributed by atoms with Crippen molar-refractivity contribution < 1.29 is 13.9 Å². The summed E-state index contributed by atoms with van der Waals surface area (Å²) in [6.07, 6.45) is 1.48. The zero-order valence-corrected chi connectivity index (χ0v) is 9.90. The Bertz CT molecular complexity index is 509. The minimum atomic E-state index is -0.0371. The molecule has 17 heavy (non-hydrogen) atoms. The summed E-state index contributed by atoms with van der Waals surface area (Å²) in [5, 5.41) is 0. The van der Waals surface area contributed by atoms with Crippen molar-refractivity contribution in [1.29, 1.82) is 0 Å². The zero-order valence-electron chi connectivity index (χ0n) is 9.90. The molecule has 0 N–H and O–H groups in total. The monoisotopic (exact) mass is 230 g/mol. The van der Waals surface area contributed by atoms with Crippen molar-refractivity contribution in [2.45, 2.75) is 13.8 Å². The standard InChI is InChI=1S/C14H14O3/c1-3-16-13-6-4-11(5-7-13)14(15)12-8-10(2)17-9-12/h4-9H,3H2,1-2H3. The molecule has 0 bridgehead atoms. The van der Waals surface area contributed by atoms with Crippen LogP contribution in [0, 0.1) is 6.92 Å². The molecule has 88 valence electrons. The third-order valence-electron chi connectivity index (χ3n) is 2.42. The number of carbonyl (C=O) groups is 1. The molecule has 0 saturated carbocycles. The third-order valence-corrected chi connectivity index (χ3v) is 2.42. The summed E-state index contributed by atoms with van der Waals surface area (Å²) < 4.78 is 10.4. The lowest BCUT2D eigenvalue weighted by molar-refractivity contribution is 0.103. The van der Waals surface area contributed by atoms with Gasteiger partial charge in [-0.1, -0.05) is 0 Å². The minimum absolute atomic E-state index is 0.0371. The average Bonchev–Trinajstić information content (AvgIpc) is 2.76. The number of carbonyl (C=O) groups excluding carboxylic acids is 1. The molecular weight excluding hydrogens is 216 g/mol. The number of ketones is 1. The molecule has 0 unspecified atom stereocenters. The van der Waals surface area contributed by atoms with Crippen molar-refractivity contribution in [3.8, 4) is 5.75 Å². The van der Waals surface area contributed by atoms with Gasteiger partial charge in [0.05, 0.1) is 12.2 Å². The fourth-order valence-corrected chi connectivity index (χ4v) is 1.60. The molecule has 0 radical (unpaired) electrons. The van der Waals surface area contributed by atoms with Crippen molar-refractivity contribution in [2.24, 2.45) is 0 Å². The van der Waals surface area contributed by atoms with Gasteiger partial charge in [-0.05, 0) is 44.2 Å². The van der Waals surface area contributed by atoms with Crippen molar-refractivity contribution in [3.05, 3.63) is 53.5 Å². The maximum Gasteiger partial charge on any atom is 0.196 e. The van der Waals surface area contributed by atoms with Crippen LogP contribution in [0.5, 0.6) is 5.75 Å². The Morgan fingerprint density at radius 2 is 1.94 bits per heavy atom. The Kier molecular flexibility index (Phi) is 3.28. The van der Waals surface area contributed by atoms with Gasteiger partial charge in [-0.3, -0.25) is 4.79 Å². The number of rotatable bonds is 4. The van der Waals surface area contributed by atoms with Crippen LogP contribution >= 0.6 is 0 Å². The van der Waals surface area contributed by atoms with Crippen LogP contribution in [0.15, 0.2) is 41.0 Å². The molecule has 2 aromatic rings. The molecule has 0 fully saturated rings. The molecule has 1 heterocycles. The highest BCUT2D eigenvalue weighted by Crippen LogP contribution is 2.16. The molecule has 0 saturated heterocycles. The number of aryl methyl sites for hydroxylation is 1. The molecule has 2 rings (SSSR count). The number of benzene rings is 1. The molecule has 0 aliphatic rings. The largest absolute Gasteiger partial charge is 0.494 e. The van der Waals surface area contributed by atoms with Gasteiger partial charge in [-0.25, -0.2) is 0 Å². The van der Waals surface area contributed by atoms with E-state index in [1.54, 1.807) is 30.3 Å². The Morgan fingerprint density at radius 1 is 1.24 bits per heavy atom. The smallest absolute Gasteiger partial charge is 0.196 e. The van der Waals surface area contributed by atoms with Crippen LogP contribution < -0.4 is 4.74 Å². The topological polar surface area (TPSA) is 39.4 Å². The Labute approximate surface area is 100 Å². The lowest BCUT2D eigenvalue weighted by Crippen LogP contribution is -1.99. The second-order valence-corrected chi connectivity index (χ2v) is 3.73. The van der Waals surface area contributed by atoms with E-state index < -0.39 is 0 Å². The van der Waals surface area contributed by atoms with E-state index in [1.165, 1.54) is 6.26 Å². The summed E-state index contributed by atoms with van der Waals surface area (Å²) in [5.74, 6) is 1.47. The predicted octanol–water partition coefficient (Wildman–Crippen LogP) is 3.22. The zero-order chi connectivity index (χ0) is 12.3. The van der Waals surface area contributed by atoms with Crippen LogP contribution in [-0.4, -0.2) is 12.4 Å². The molecule has 0 aliphatic heterocycles. The fourth-order valence-electron chi connectivity index (χ4n) is 1.60. The van der Waals surface area contributed by atoms with E-state index in [2.05, 4.69) is 0 Å². The summed E-state index contributed by atoms with van der Waals surface area (Å²) in [6.45, 7) is 4.36. The van der Waals surface area contributed by atoms with E-state index in [-0.39, 0.29) is 5.78 Å². The van der Waals surface area contributed by atoms with Crippen molar-refractivity contribution >= 4 is 5.78 Å². The molecule has 0 atom stereocenters. The highest BCUT2D eigenvalue weighted by atomic mass is 16.5. The van der Waals surface area contributed by atoms with Crippen LogP contribution in [0.3, 0.4) is 0 Å². The number of furan rings is 1. The lowest BCUT2D eigenvalue weighted by Gasteiger charge is -2.03. The summed E-state index contributed by atoms with van der Waals surface area (Å²) in [6, 6.07) is 8.84. The molecule has 0 amide bonds. The van der Waals surface area contributed by atoms with Crippen LogP contribution in [0.25, 0.3) is 0 Å². The second kappa shape index (κ2) is 4.87. The third kappa shape index (κ3) is 2.56. The van der Waals surface area contributed by atoms with E-state index in [1.807, 2.05) is 13.8 Å². The predicted molar refractivity (Wildman–Crippen MR) is 64.5 cm³/mol. The van der Waals surface area contributed by atoms with Crippen molar-refractivity contribution in [1.82, 2.24) is 0 Å². The maximum absolute atomic E-state index is 12.0. The van der Waals surface area contributed by atoms with Crippen LogP contribution in [0.2, 0.25) is 0 Å². The van der Waals surface area contributed by atoms with Crippen LogP contribution in [-0.2, 0) is 0 Å². The first-order chi connectivity index (χ1) is 8.20. The van der Waals surface area contributed by atoms with Gasteiger partial charge < -0.3 is 9.15 Å². The van der Waals surface area contributed by atoms with E-state index >= 15 is 0 Å². The lowest BCUT2D eigenvalue weighted by atomic mass is 10.1. The van der Waals surface area contributed by atoms with Gasteiger partial charge in [0.1, 0.15) is 17.8 Å². The Balaban J connectivity index is 2.20. The van der Waals surface area contributed by atoms with Gasteiger partial charge in [0.15, 0.2) is 5.78 Å². The number of hydrogen-bond acceptors (Lipinski definition) is 3. The summed E-state index contributed by atoms with van der Waals surface area (Å²) >= 11 is 0. The molecule has 3 nitrogen and oxygen atoms in total.